The Morgan fingerprint density at radius 2 is 2.13 bits per heavy atom. The first kappa shape index (κ1) is 11.8. The summed E-state index contributed by atoms with van der Waals surface area (Å²) in [4.78, 5) is 15.0. The molecule has 0 fully saturated rings. The van der Waals surface area contributed by atoms with Crippen molar-refractivity contribution in [3.8, 4) is 0 Å². The lowest BCUT2D eigenvalue weighted by Gasteiger charge is -2.03. The van der Waals surface area contributed by atoms with Gasteiger partial charge in [0.2, 0.25) is 0 Å². The summed E-state index contributed by atoms with van der Waals surface area (Å²) < 4.78 is 13.6. The molecule has 0 N–H and O–H groups in total. The van der Waals surface area contributed by atoms with Gasteiger partial charge in [-0.25, -0.2) is 9.18 Å². The predicted molar refractivity (Wildman–Crippen MR) is 58.1 cm³/mol. The first-order valence-corrected chi connectivity index (χ1v) is 4.97. The molecule has 0 radical (unpaired) electrons. The van der Waals surface area contributed by atoms with Gasteiger partial charge in [-0.2, -0.15) is 0 Å². The minimum absolute atomic E-state index is 0.370. The first-order chi connectivity index (χ1) is 7.00. The molecule has 80 valence electrons. The van der Waals surface area contributed by atoms with Gasteiger partial charge in [0, 0.05) is 17.0 Å². The number of benzene rings is 1. The van der Waals surface area contributed by atoms with E-state index in [1.807, 2.05) is 0 Å². The molecule has 3 nitrogen and oxygen atoms in total. The summed E-state index contributed by atoms with van der Waals surface area (Å²) in [6.07, 6.45) is 0. The largest absolute Gasteiger partial charge is 0.331 e. The molecule has 5 heteroatoms. The van der Waals surface area contributed by atoms with E-state index in [0.717, 1.165) is 0 Å². The van der Waals surface area contributed by atoms with Gasteiger partial charge in [-0.05, 0) is 25.1 Å². The minimum atomic E-state index is -0.512. The maximum absolute atomic E-state index is 12.9. The molecule has 0 spiro atoms. The Hall–Kier alpha value is -1.23. The molecule has 0 unspecified atom stereocenters. The van der Waals surface area contributed by atoms with Gasteiger partial charge in [-0.3, -0.25) is 0 Å². The van der Waals surface area contributed by atoms with Crippen molar-refractivity contribution in [2.45, 2.75) is 13.8 Å². The van der Waals surface area contributed by atoms with Crippen molar-refractivity contribution in [3.05, 3.63) is 34.1 Å². The number of halogens is 2. The van der Waals surface area contributed by atoms with Crippen molar-refractivity contribution >= 4 is 27.6 Å². The van der Waals surface area contributed by atoms with E-state index in [-0.39, 0.29) is 5.82 Å². The fraction of sp³-hybridized carbons (Fsp3) is 0.200. The van der Waals surface area contributed by atoms with E-state index in [1.54, 1.807) is 13.0 Å². The molecule has 0 saturated carbocycles. The maximum Gasteiger partial charge on any atom is 0.331 e. The number of hydrogen-bond donors (Lipinski definition) is 0. The summed E-state index contributed by atoms with van der Waals surface area (Å²) in [7, 11) is 0. The lowest BCUT2D eigenvalue weighted by Crippen LogP contribution is -2.00. The minimum Gasteiger partial charge on any atom is -0.318 e. The smallest absolute Gasteiger partial charge is 0.318 e. The Bertz CT molecular complexity index is 418. The highest BCUT2D eigenvalue weighted by atomic mass is 79.9. The lowest BCUT2D eigenvalue weighted by atomic mass is 10.1. The van der Waals surface area contributed by atoms with Crippen LogP contribution in [0.3, 0.4) is 0 Å². The molecule has 0 aliphatic heterocycles. The second-order valence-corrected chi connectivity index (χ2v) is 3.74. The van der Waals surface area contributed by atoms with Crippen LogP contribution in [0.15, 0.2) is 27.8 Å². The van der Waals surface area contributed by atoms with E-state index in [0.29, 0.717) is 15.7 Å². The highest BCUT2D eigenvalue weighted by Gasteiger charge is 2.06. The summed E-state index contributed by atoms with van der Waals surface area (Å²) in [6.45, 7) is 2.87. The van der Waals surface area contributed by atoms with Crippen molar-refractivity contribution in [1.82, 2.24) is 0 Å². The molecule has 0 aromatic heterocycles. The summed E-state index contributed by atoms with van der Waals surface area (Å²) >= 11 is 3.25. The highest BCUT2D eigenvalue weighted by Crippen LogP contribution is 2.18. The van der Waals surface area contributed by atoms with Crippen molar-refractivity contribution in [1.29, 1.82) is 0 Å². The van der Waals surface area contributed by atoms with Crippen LogP contribution in [0.4, 0.5) is 4.39 Å². The van der Waals surface area contributed by atoms with Crippen LogP contribution in [0, 0.1) is 5.82 Å². The molecule has 1 aromatic rings. The molecule has 0 bridgehead atoms. The van der Waals surface area contributed by atoms with E-state index in [2.05, 4.69) is 25.9 Å². The van der Waals surface area contributed by atoms with Crippen LogP contribution in [0.2, 0.25) is 0 Å². The summed E-state index contributed by atoms with van der Waals surface area (Å²) in [6, 6.07) is 4.20. The molecular formula is C10H9BrFNO2. The number of rotatable bonds is 2. The fourth-order valence-corrected chi connectivity index (χ4v) is 1.49. The summed E-state index contributed by atoms with van der Waals surface area (Å²) in [5.41, 5.74) is 0.979. The van der Waals surface area contributed by atoms with Gasteiger partial charge in [-0.1, -0.05) is 21.1 Å². The molecule has 0 aliphatic carbocycles. The van der Waals surface area contributed by atoms with Crippen molar-refractivity contribution < 1.29 is 14.0 Å². The Kier molecular flexibility index (Phi) is 3.96. The molecule has 0 amide bonds. The van der Waals surface area contributed by atoms with Gasteiger partial charge in [-0.15, -0.1) is 0 Å². The van der Waals surface area contributed by atoms with Crippen molar-refractivity contribution in [2.75, 3.05) is 0 Å². The van der Waals surface area contributed by atoms with Gasteiger partial charge in [0.1, 0.15) is 5.82 Å². The normalized spacial score (nSPS) is 11.3. The summed E-state index contributed by atoms with van der Waals surface area (Å²) in [5.74, 6) is -0.882. The van der Waals surface area contributed by atoms with Crippen LogP contribution in [-0.4, -0.2) is 11.7 Å². The van der Waals surface area contributed by atoms with Crippen LogP contribution >= 0.6 is 15.9 Å². The van der Waals surface area contributed by atoms with Crippen LogP contribution in [0.1, 0.15) is 19.4 Å². The Balaban J connectivity index is 2.99. The average Bonchev–Trinajstić information content (AvgIpc) is 2.18. The van der Waals surface area contributed by atoms with Crippen LogP contribution in [0.25, 0.3) is 0 Å². The van der Waals surface area contributed by atoms with Gasteiger partial charge < -0.3 is 4.84 Å². The van der Waals surface area contributed by atoms with Gasteiger partial charge in [0.15, 0.2) is 0 Å². The Labute approximate surface area is 95.0 Å². The predicted octanol–water partition coefficient (Wildman–Crippen LogP) is 2.88. The first-order valence-electron chi connectivity index (χ1n) is 4.18. The Morgan fingerprint density at radius 1 is 1.47 bits per heavy atom. The SMILES string of the molecule is CC(=O)O/N=C(\C)c1cc(F)ccc1Br. The highest BCUT2D eigenvalue weighted by molar-refractivity contribution is 9.10. The maximum atomic E-state index is 12.9. The lowest BCUT2D eigenvalue weighted by molar-refractivity contribution is -0.140. The monoisotopic (exact) mass is 273 g/mol. The number of carbonyl (C=O) groups excluding carboxylic acids is 1. The van der Waals surface area contributed by atoms with E-state index in [4.69, 9.17) is 0 Å². The van der Waals surface area contributed by atoms with E-state index < -0.39 is 5.97 Å². The van der Waals surface area contributed by atoms with Crippen LogP contribution < -0.4 is 0 Å². The molecular weight excluding hydrogens is 265 g/mol. The van der Waals surface area contributed by atoms with E-state index >= 15 is 0 Å². The quantitative estimate of drug-likeness (QED) is 0.472. The fourth-order valence-electron chi connectivity index (χ4n) is 0.957. The third-order valence-electron chi connectivity index (χ3n) is 1.63. The van der Waals surface area contributed by atoms with Gasteiger partial charge in [0.05, 0.1) is 5.71 Å². The van der Waals surface area contributed by atoms with Crippen LogP contribution in [-0.2, 0) is 9.63 Å². The molecule has 0 saturated heterocycles. The topological polar surface area (TPSA) is 38.7 Å². The van der Waals surface area contributed by atoms with Gasteiger partial charge in [0.25, 0.3) is 0 Å². The van der Waals surface area contributed by atoms with Crippen molar-refractivity contribution in [3.63, 3.8) is 0 Å². The van der Waals surface area contributed by atoms with Crippen LogP contribution in [0.5, 0.6) is 0 Å². The molecule has 0 atom stereocenters. The van der Waals surface area contributed by atoms with E-state index in [9.17, 15) is 9.18 Å². The number of hydrogen-bond acceptors (Lipinski definition) is 3. The zero-order valence-corrected chi connectivity index (χ0v) is 9.84. The summed E-state index contributed by atoms with van der Waals surface area (Å²) in [5, 5.41) is 3.57. The molecule has 0 aliphatic rings. The second-order valence-electron chi connectivity index (χ2n) is 2.88. The number of nitrogens with zero attached hydrogens (tertiary/aromatic N) is 1. The zero-order valence-electron chi connectivity index (χ0n) is 8.25. The molecule has 1 rings (SSSR count). The average molecular weight is 274 g/mol. The number of carbonyl (C=O) groups is 1. The number of oxime groups is 1. The molecule has 15 heavy (non-hydrogen) atoms. The molecule has 0 heterocycles. The van der Waals surface area contributed by atoms with Gasteiger partial charge >= 0.3 is 5.97 Å². The molecule has 1 aromatic carbocycles. The second kappa shape index (κ2) is 5.02. The zero-order chi connectivity index (χ0) is 11.4. The third kappa shape index (κ3) is 3.43. The van der Waals surface area contributed by atoms with E-state index in [1.165, 1.54) is 19.1 Å². The standard InChI is InChI=1S/C10H9BrFNO2/c1-6(13-15-7(2)14)9-5-8(12)3-4-10(9)11/h3-5H,1-2H3/b13-6+. The van der Waals surface area contributed by atoms with Crippen molar-refractivity contribution in [2.24, 2.45) is 5.16 Å². The Morgan fingerprint density at radius 3 is 2.73 bits per heavy atom. The third-order valence-corrected chi connectivity index (χ3v) is 2.32.